The number of carboxylic acid groups (broad SMARTS) is 1. The molecule has 0 unspecified atom stereocenters. The van der Waals surface area contributed by atoms with Crippen LogP contribution < -0.4 is 0 Å². The molecule has 0 saturated carbocycles. The Bertz CT molecular complexity index is 396. The maximum absolute atomic E-state index is 10.8. The fourth-order valence-electron chi connectivity index (χ4n) is 1.39. The lowest BCUT2D eigenvalue weighted by atomic mass is 9.99. The lowest BCUT2D eigenvalue weighted by Crippen LogP contribution is -2.20. The SMILES string of the molecule is CC[C@@H](C(=N)C=Cc1ccccc1)C(=O)O. The standard InChI is InChI=1S/C13H15NO2/c1-2-11(13(15)16)12(14)9-8-10-6-4-3-5-7-10/h3-9,11,14H,2H2,1H3,(H,15,16)/t11-/m0/s1. The zero-order chi connectivity index (χ0) is 12.0. The third-order valence-electron chi connectivity index (χ3n) is 2.34. The van der Waals surface area contributed by atoms with E-state index in [1.165, 1.54) is 0 Å². The van der Waals surface area contributed by atoms with Crippen molar-refractivity contribution in [3.05, 3.63) is 42.0 Å². The molecule has 0 amide bonds. The summed E-state index contributed by atoms with van der Waals surface area (Å²) in [4.78, 5) is 10.8. The molecule has 84 valence electrons. The molecule has 0 aliphatic heterocycles. The molecule has 0 spiro atoms. The van der Waals surface area contributed by atoms with Gasteiger partial charge in [-0.3, -0.25) is 4.79 Å². The Kier molecular flexibility index (Phi) is 4.45. The van der Waals surface area contributed by atoms with Crippen molar-refractivity contribution >= 4 is 17.8 Å². The van der Waals surface area contributed by atoms with Crippen molar-refractivity contribution in [2.24, 2.45) is 5.92 Å². The van der Waals surface area contributed by atoms with Gasteiger partial charge in [0, 0.05) is 5.71 Å². The van der Waals surface area contributed by atoms with Crippen LogP contribution in [-0.4, -0.2) is 16.8 Å². The monoisotopic (exact) mass is 217 g/mol. The average molecular weight is 217 g/mol. The van der Waals surface area contributed by atoms with Gasteiger partial charge >= 0.3 is 5.97 Å². The minimum atomic E-state index is -0.940. The third kappa shape index (κ3) is 3.35. The summed E-state index contributed by atoms with van der Waals surface area (Å²) in [6.07, 6.45) is 3.75. The van der Waals surface area contributed by atoms with Gasteiger partial charge in [0.05, 0.1) is 5.92 Å². The summed E-state index contributed by atoms with van der Waals surface area (Å²) in [5.74, 6) is -1.65. The van der Waals surface area contributed by atoms with E-state index in [0.29, 0.717) is 6.42 Å². The molecule has 0 aromatic heterocycles. The molecule has 2 N–H and O–H groups in total. The predicted octanol–water partition coefficient (Wildman–Crippen LogP) is 2.83. The van der Waals surface area contributed by atoms with Crippen LogP contribution in [0.4, 0.5) is 0 Å². The maximum Gasteiger partial charge on any atom is 0.312 e. The number of carboxylic acids is 1. The van der Waals surface area contributed by atoms with E-state index in [-0.39, 0.29) is 5.71 Å². The highest BCUT2D eigenvalue weighted by atomic mass is 16.4. The first kappa shape index (κ1) is 12.2. The van der Waals surface area contributed by atoms with Crippen LogP contribution >= 0.6 is 0 Å². The lowest BCUT2D eigenvalue weighted by Gasteiger charge is -2.07. The second-order valence-corrected chi connectivity index (χ2v) is 3.50. The van der Waals surface area contributed by atoms with Gasteiger partial charge in [-0.1, -0.05) is 43.3 Å². The van der Waals surface area contributed by atoms with Crippen LogP contribution in [0.25, 0.3) is 6.08 Å². The number of aliphatic carboxylic acids is 1. The third-order valence-corrected chi connectivity index (χ3v) is 2.34. The van der Waals surface area contributed by atoms with Gasteiger partial charge < -0.3 is 10.5 Å². The van der Waals surface area contributed by atoms with Crippen LogP contribution in [0, 0.1) is 11.3 Å². The molecule has 0 aliphatic rings. The van der Waals surface area contributed by atoms with E-state index < -0.39 is 11.9 Å². The molecule has 16 heavy (non-hydrogen) atoms. The molecule has 0 heterocycles. The summed E-state index contributed by atoms with van der Waals surface area (Å²) in [7, 11) is 0. The van der Waals surface area contributed by atoms with Crippen molar-refractivity contribution in [1.29, 1.82) is 5.41 Å². The molecule has 0 saturated heterocycles. The second-order valence-electron chi connectivity index (χ2n) is 3.50. The van der Waals surface area contributed by atoms with Crippen LogP contribution in [0.3, 0.4) is 0 Å². The zero-order valence-electron chi connectivity index (χ0n) is 9.18. The maximum atomic E-state index is 10.8. The molecule has 1 atom stereocenters. The van der Waals surface area contributed by atoms with Gasteiger partial charge in [-0.05, 0) is 18.1 Å². The van der Waals surface area contributed by atoms with Gasteiger partial charge in [0.2, 0.25) is 0 Å². The Morgan fingerprint density at radius 2 is 2.06 bits per heavy atom. The molecule has 3 heteroatoms. The Balaban J connectivity index is 2.71. The summed E-state index contributed by atoms with van der Waals surface area (Å²) in [5.41, 5.74) is 1.10. The molecule has 0 fully saturated rings. The number of benzene rings is 1. The largest absolute Gasteiger partial charge is 0.481 e. The Hall–Kier alpha value is -1.90. The molecule has 1 rings (SSSR count). The van der Waals surface area contributed by atoms with Gasteiger partial charge in [0.1, 0.15) is 0 Å². The van der Waals surface area contributed by atoms with Crippen LogP contribution in [0.15, 0.2) is 36.4 Å². The fourth-order valence-corrected chi connectivity index (χ4v) is 1.39. The summed E-state index contributed by atoms with van der Waals surface area (Å²) in [6.45, 7) is 1.77. The molecular formula is C13H15NO2. The predicted molar refractivity (Wildman–Crippen MR) is 64.6 cm³/mol. The molecule has 3 nitrogen and oxygen atoms in total. The van der Waals surface area contributed by atoms with E-state index in [1.54, 1.807) is 19.1 Å². The van der Waals surface area contributed by atoms with Gasteiger partial charge in [-0.15, -0.1) is 0 Å². The Labute approximate surface area is 94.9 Å². The lowest BCUT2D eigenvalue weighted by molar-refractivity contribution is -0.139. The summed E-state index contributed by atoms with van der Waals surface area (Å²) >= 11 is 0. The van der Waals surface area contributed by atoms with Crippen molar-refractivity contribution in [3.63, 3.8) is 0 Å². The first-order chi connectivity index (χ1) is 7.65. The van der Waals surface area contributed by atoms with Gasteiger partial charge in [0.25, 0.3) is 0 Å². The van der Waals surface area contributed by atoms with Gasteiger partial charge in [0.15, 0.2) is 0 Å². The summed E-state index contributed by atoms with van der Waals surface area (Å²) in [5, 5.41) is 16.5. The fraction of sp³-hybridized carbons (Fsp3) is 0.231. The molecule has 0 bridgehead atoms. The van der Waals surface area contributed by atoms with Crippen molar-refractivity contribution in [1.82, 2.24) is 0 Å². The molecule has 1 aromatic carbocycles. The highest BCUT2D eigenvalue weighted by Gasteiger charge is 2.18. The molecule has 1 aromatic rings. The quantitative estimate of drug-likeness (QED) is 0.745. The first-order valence-electron chi connectivity index (χ1n) is 5.19. The first-order valence-corrected chi connectivity index (χ1v) is 5.19. The number of nitrogens with one attached hydrogen (secondary N) is 1. The van der Waals surface area contributed by atoms with E-state index in [4.69, 9.17) is 10.5 Å². The highest BCUT2D eigenvalue weighted by Crippen LogP contribution is 2.08. The zero-order valence-corrected chi connectivity index (χ0v) is 9.18. The summed E-state index contributed by atoms with van der Waals surface area (Å²) in [6, 6.07) is 9.53. The van der Waals surface area contributed by atoms with Crippen molar-refractivity contribution < 1.29 is 9.90 Å². The van der Waals surface area contributed by atoms with Crippen molar-refractivity contribution in [2.45, 2.75) is 13.3 Å². The molecule has 0 aliphatic carbocycles. The number of allylic oxidation sites excluding steroid dienone is 1. The minimum absolute atomic E-state index is 0.138. The number of carbonyl (C=O) groups is 1. The minimum Gasteiger partial charge on any atom is -0.481 e. The van der Waals surface area contributed by atoms with Crippen LogP contribution in [-0.2, 0) is 4.79 Å². The van der Waals surface area contributed by atoms with E-state index in [1.807, 2.05) is 30.3 Å². The van der Waals surface area contributed by atoms with Crippen LogP contribution in [0.5, 0.6) is 0 Å². The molecular weight excluding hydrogens is 202 g/mol. The van der Waals surface area contributed by atoms with Crippen molar-refractivity contribution in [3.8, 4) is 0 Å². The van der Waals surface area contributed by atoms with E-state index >= 15 is 0 Å². The topological polar surface area (TPSA) is 61.2 Å². The van der Waals surface area contributed by atoms with Crippen LogP contribution in [0.1, 0.15) is 18.9 Å². The number of hydrogen-bond acceptors (Lipinski definition) is 2. The van der Waals surface area contributed by atoms with Crippen LogP contribution in [0.2, 0.25) is 0 Å². The second kappa shape index (κ2) is 5.85. The van der Waals surface area contributed by atoms with Gasteiger partial charge in [-0.25, -0.2) is 0 Å². The summed E-state index contributed by atoms with van der Waals surface area (Å²) < 4.78 is 0. The number of hydrogen-bond donors (Lipinski definition) is 2. The smallest absolute Gasteiger partial charge is 0.312 e. The Morgan fingerprint density at radius 1 is 1.44 bits per heavy atom. The normalized spacial score (nSPS) is 12.6. The van der Waals surface area contributed by atoms with Gasteiger partial charge in [-0.2, -0.15) is 0 Å². The van der Waals surface area contributed by atoms with E-state index in [2.05, 4.69) is 0 Å². The Morgan fingerprint density at radius 3 is 2.56 bits per heavy atom. The average Bonchev–Trinajstić information content (AvgIpc) is 2.28. The van der Waals surface area contributed by atoms with Crippen molar-refractivity contribution in [2.75, 3.05) is 0 Å². The molecule has 0 radical (unpaired) electrons. The highest BCUT2D eigenvalue weighted by molar-refractivity contribution is 6.07. The number of rotatable bonds is 5. The van der Waals surface area contributed by atoms with E-state index in [0.717, 1.165) is 5.56 Å². The van der Waals surface area contributed by atoms with E-state index in [9.17, 15) is 4.79 Å².